The molecule has 1 aromatic rings. The highest BCUT2D eigenvalue weighted by Gasteiger charge is 2.30. The van der Waals surface area contributed by atoms with E-state index in [2.05, 4.69) is 22.1 Å². The Kier molecular flexibility index (Phi) is 4.33. The van der Waals surface area contributed by atoms with E-state index in [-0.39, 0.29) is 18.1 Å². The molecule has 0 radical (unpaired) electrons. The van der Waals surface area contributed by atoms with Gasteiger partial charge in [0.1, 0.15) is 6.10 Å². The second-order valence-electron chi connectivity index (χ2n) is 5.92. The molecule has 0 bridgehead atoms. The van der Waals surface area contributed by atoms with E-state index in [4.69, 9.17) is 9.26 Å². The number of hydrogen-bond acceptors (Lipinski definition) is 6. The zero-order valence-electron chi connectivity index (χ0n) is 12.0. The van der Waals surface area contributed by atoms with Crippen molar-refractivity contribution in [2.24, 2.45) is 0 Å². The van der Waals surface area contributed by atoms with Gasteiger partial charge in [0.2, 0.25) is 11.7 Å². The van der Waals surface area contributed by atoms with Gasteiger partial charge in [-0.15, -0.1) is 0 Å². The number of rotatable bonds is 2. The Morgan fingerprint density at radius 3 is 2.95 bits per heavy atom. The van der Waals surface area contributed by atoms with Crippen LogP contribution in [-0.4, -0.2) is 53.0 Å². The van der Waals surface area contributed by atoms with Crippen LogP contribution in [0, 0.1) is 0 Å². The van der Waals surface area contributed by atoms with Crippen molar-refractivity contribution in [2.75, 3.05) is 26.7 Å². The average molecular weight is 281 g/mol. The van der Waals surface area contributed by atoms with Crippen molar-refractivity contribution in [3.63, 3.8) is 0 Å². The molecule has 3 rings (SSSR count). The maximum atomic E-state index is 10.2. The molecule has 20 heavy (non-hydrogen) atoms. The first kappa shape index (κ1) is 14.0. The molecule has 2 fully saturated rings. The van der Waals surface area contributed by atoms with Crippen LogP contribution in [0.2, 0.25) is 0 Å². The third kappa shape index (κ3) is 3.02. The molecule has 3 atom stereocenters. The van der Waals surface area contributed by atoms with Crippen molar-refractivity contribution in [3.8, 4) is 0 Å². The second kappa shape index (κ2) is 6.20. The number of hydrogen-bond donors (Lipinski definition) is 1. The van der Waals surface area contributed by atoms with Crippen molar-refractivity contribution in [3.05, 3.63) is 11.7 Å². The molecule has 1 saturated heterocycles. The summed E-state index contributed by atoms with van der Waals surface area (Å²) in [6.07, 6.45) is 4.64. The lowest BCUT2D eigenvalue weighted by atomic mass is 9.97. The molecule has 1 aromatic heterocycles. The van der Waals surface area contributed by atoms with Gasteiger partial charge in [0.05, 0.1) is 18.6 Å². The normalized spacial score (nSPS) is 33.0. The molecule has 1 N–H and O–H groups in total. The Hall–Kier alpha value is -0.980. The zero-order valence-corrected chi connectivity index (χ0v) is 12.0. The van der Waals surface area contributed by atoms with Crippen molar-refractivity contribution < 1.29 is 14.4 Å². The van der Waals surface area contributed by atoms with E-state index < -0.39 is 0 Å². The predicted molar refractivity (Wildman–Crippen MR) is 72.3 cm³/mol. The van der Waals surface area contributed by atoms with Crippen LogP contribution in [-0.2, 0) is 4.74 Å². The van der Waals surface area contributed by atoms with Gasteiger partial charge in [-0.3, -0.25) is 0 Å². The zero-order chi connectivity index (χ0) is 13.9. The molecule has 6 heteroatoms. The van der Waals surface area contributed by atoms with Crippen LogP contribution in [0.4, 0.5) is 0 Å². The van der Waals surface area contributed by atoms with E-state index in [1.807, 2.05) is 0 Å². The molecular weight excluding hydrogens is 258 g/mol. The summed E-state index contributed by atoms with van der Waals surface area (Å²) < 4.78 is 11.1. The standard InChI is InChI=1S/C14H23N3O3/c1-17-7-8-19-12(9-17)13-15-14(20-16-13)10-5-3-2-4-6-11(10)18/h10-12,18H,2-9H2,1H3. The fraction of sp³-hybridized carbons (Fsp3) is 0.857. The molecule has 2 aliphatic rings. The van der Waals surface area contributed by atoms with Gasteiger partial charge in [0.25, 0.3) is 0 Å². The van der Waals surface area contributed by atoms with Gasteiger partial charge in [-0.2, -0.15) is 4.98 Å². The average Bonchev–Trinajstić information content (AvgIpc) is 2.82. The summed E-state index contributed by atoms with van der Waals surface area (Å²) in [6, 6.07) is 0. The molecule has 1 aliphatic carbocycles. The second-order valence-corrected chi connectivity index (χ2v) is 5.92. The fourth-order valence-electron chi connectivity index (χ4n) is 3.04. The summed E-state index contributed by atoms with van der Waals surface area (Å²) >= 11 is 0. The lowest BCUT2D eigenvalue weighted by molar-refractivity contribution is -0.0264. The van der Waals surface area contributed by atoms with E-state index in [0.29, 0.717) is 18.3 Å². The summed E-state index contributed by atoms with van der Waals surface area (Å²) in [6.45, 7) is 2.41. The van der Waals surface area contributed by atoms with Crippen LogP contribution in [0.1, 0.15) is 55.8 Å². The number of aliphatic hydroxyl groups is 1. The predicted octanol–water partition coefficient (Wildman–Crippen LogP) is 1.48. The minimum absolute atomic E-state index is 0.0138. The number of nitrogens with zero attached hydrogens (tertiary/aromatic N) is 3. The summed E-state index contributed by atoms with van der Waals surface area (Å²) in [4.78, 5) is 6.69. The topological polar surface area (TPSA) is 71.6 Å². The van der Waals surface area contributed by atoms with Crippen molar-refractivity contribution in [1.82, 2.24) is 15.0 Å². The van der Waals surface area contributed by atoms with Crippen LogP contribution in [0.3, 0.4) is 0 Å². The summed E-state index contributed by atoms with van der Waals surface area (Å²) in [5.41, 5.74) is 0. The molecule has 0 spiro atoms. The molecule has 1 aliphatic heterocycles. The molecule has 2 heterocycles. The first-order valence-electron chi connectivity index (χ1n) is 7.56. The van der Waals surface area contributed by atoms with Gasteiger partial charge in [-0.05, 0) is 19.9 Å². The Bertz CT molecular complexity index is 437. The highest BCUT2D eigenvalue weighted by molar-refractivity contribution is 5.01. The minimum atomic E-state index is -0.360. The molecular formula is C14H23N3O3. The maximum Gasteiger partial charge on any atom is 0.232 e. The van der Waals surface area contributed by atoms with Gasteiger partial charge in [-0.25, -0.2) is 0 Å². The van der Waals surface area contributed by atoms with Crippen LogP contribution >= 0.6 is 0 Å². The number of ether oxygens (including phenoxy) is 1. The molecule has 1 saturated carbocycles. The first-order valence-corrected chi connectivity index (χ1v) is 7.56. The number of likely N-dealkylation sites (N-methyl/N-ethyl adjacent to an activating group) is 1. The SMILES string of the molecule is CN1CCOC(c2noc(C3CCCCCC3O)n2)C1. The van der Waals surface area contributed by atoms with E-state index in [1.165, 1.54) is 6.42 Å². The summed E-state index contributed by atoms with van der Waals surface area (Å²) in [7, 11) is 2.06. The van der Waals surface area contributed by atoms with Crippen LogP contribution in [0.5, 0.6) is 0 Å². The monoisotopic (exact) mass is 281 g/mol. The largest absolute Gasteiger partial charge is 0.392 e. The lowest BCUT2D eigenvalue weighted by Gasteiger charge is -2.27. The lowest BCUT2D eigenvalue weighted by Crippen LogP contribution is -2.35. The molecule has 0 aromatic carbocycles. The molecule has 0 amide bonds. The van der Waals surface area contributed by atoms with Gasteiger partial charge in [0, 0.05) is 13.1 Å². The van der Waals surface area contributed by atoms with E-state index in [0.717, 1.165) is 38.8 Å². The van der Waals surface area contributed by atoms with E-state index in [9.17, 15) is 5.11 Å². The Morgan fingerprint density at radius 2 is 2.10 bits per heavy atom. The minimum Gasteiger partial charge on any atom is -0.392 e. The smallest absolute Gasteiger partial charge is 0.232 e. The third-order valence-electron chi connectivity index (χ3n) is 4.31. The highest BCUT2D eigenvalue weighted by Crippen LogP contribution is 2.32. The molecule has 6 nitrogen and oxygen atoms in total. The van der Waals surface area contributed by atoms with Crippen molar-refractivity contribution >= 4 is 0 Å². The van der Waals surface area contributed by atoms with Gasteiger partial charge in [0.15, 0.2) is 0 Å². The number of morpholine rings is 1. The molecule has 3 unspecified atom stereocenters. The highest BCUT2D eigenvalue weighted by atomic mass is 16.5. The summed E-state index contributed by atoms with van der Waals surface area (Å²) in [5, 5.41) is 14.3. The molecule has 112 valence electrons. The number of aliphatic hydroxyl groups excluding tert-OH is 1. The fourth-order valence-corrected chi connectivity index (χ4v) is 3.04. The number of aromatic nitrogens is 2. The van der Waals surface area contributed by atoms with Gasteiger partial charge < -0.3 is 19.3 Å². The van der Waals surface area contributed by atoms with Gasteiger partial charge in [-0.1, -0.05) is 24.4 Å². The van der Waals surface area contributed by atoms with E-state index in [1.54, 1.807) is 0 Å². The summed E-state index contributed by atoms with van der Waals surface area (Å²) in [5.74, 6) is 1.18. The maximum absolute atomic E-state index is 10.2. The van der Waals surface area contributed by atoms with Crippen LogP contribution in [0.25, 0.3) is 0 Å². The van der Waals surface area contributed by atoms with Crippen molar-refractivity contribution in [1.29, 1.82) is 0 Å². The Morgan fingerprint density at radius 1 is 1.25 bits per heavy atom. The van der Waals surface area contributed by atoms with Gasteiger partial charge >= 0.3 is 0 Å². The third-order valence-corrected chi connectivity index (χ3v) is 4.31. The quantitative estimate of drug-likeness (QED) is 0.828. The van der Waals surface area contributed by atoms with Crippen LogP contribution < -0.4 is 0 Å². The Balaban J connectivity index is 1.72. The van der Waals surface area contributed by atoms with E-state index >= 15 is 0 Å². The van der Waals surface area contributed by atoms with Crippen LogP contribution in [0.15, 0.2) is 4.52 Å². The Labute approximate surface area is 119 Å². The van der Waals surface area contributed by atoms with Crippen molar-refractivity contribution in [2.45, 2.75) is 50.2 Å². The first-order chi connectivity index (χ1) is 9.74.